The number of carbonyl (C=O) groups excluding carboxylic acids is 2. The fourth-order valence-corrected chi connectivity index (χ4v) is 4.53. The normalized spacial score (nSPS) is 40.5. The molecule has 0 saturated heterocycles. The van der Waals surface area contributed by atoms with Gasteiger partial charge in [-0.1, -0.05) is 19.4 Å². The van der Waals surface area contributed by atoms with Crippen molar-refractivity contribution in [3.63, 3.8) is 0 Å². The zero-order valence-electron chi connectivity index (χ0n) is 12.0. The molecule has 0 N–H and O–H groups in total. The van der Waals surface area contributed by atoms with Gasteiger partial charge < -0.3 is 0 Å². The van der Waals surface area contributed by atoms with Gasteiger partial charge in [-0.3, -0.25) is 9.59 Å². The van der Waals surface area contributed by atoms with Crippen LogP contribution in [0.5, 0.6) is 0 Å². The molecule has 0 heterocycles. The van der Waals surface area contributed by atoms with Crippen molar-refractivity contribution in [3.05, 3.63) is 23.8 Å². The van der Waals surface area contributed by atoms with Crippen LogP contribution >= 0.6 is 0 Å². The number of carbonyl (C=O) groups is 2. The van der Waals surface area contributed by atoms with Crippen molar-refractivity contribution in [1.29, 1.82) is 0 Å². The Morgan fingerprint density at radius 2 is 2.05 bits per heavy atom. The lowest BCUT2D eigenvalue weighted by atomic mass is 9.48. The molecule has 3 rings (SSSR count). The molecule has 2 nitrogen and oxygen atoms in total. The van der Waals surface area contributed by atoms with E-state index in [4.69, 9.17) is 6.42 Å². The minimum Gasteiger partial charge on any atom is -0.295 e. The number of allylic oxidation sites excluding steroid dienone is 3. The van der Waals surface area contributed by atoms with Gasteiger partial charge in [-0.05, 0) is 54.2 Å². The fraction of sp³-hybridized carbons (Fsp3) is 0.556. The highest BCUT2D eigenvalue weighted by atomic mass is 16.1. The summed E-state index contributed by atoms with van der Waals surface area (Å²) in [4.78, 5) is 23.8. The van der Waals surface area contributed by atoms with E-state index in [-0.39, 0.29) is 28.3 Å². The third kappa shape index (κ3) is 1.59. The summed E-state index contributed by atoms with van der Waals surface area (Å²) in [6.07, 6.45) is 12.0. The SMILES string of the molecule is C#C[C@]12CCC(=O)C=C1[C@@]1(C)CCC(=O)C(=C)C1CC2. The highest BCUT2D eigenvalue weighted by molar-refractivity contribution is 5.97. The molecule has 2 fully saturated rings. The van der Waals surface area contributed by atoms with E-state index in [1.807, 2.05) is 0 Å². The summed E-state index contributed by atoms with van der Waals surface area (Å²) < 4.78 is 0. The number of fused-ring (bicyclic) bond motifs is 3. The second-order valence-electron chi connectivity index (χ2n) is 6.71. The molecule has 0 aromatic heterocycles. The maximum atomic E-state index is 11.9. The monoisotopic (exact) mass is 268 g/mol. The first kappa shape index (κ1) is 13.4. The molecule has 1 unspecified atom stereocenters. The Bertz CT molecular complexity index is 589. The Balaban J connectivity index is 2.13. The van der Waals surface area contributed by atoms with Gasteiger partial charge in [0, 0.05) is 12.8 Å². The smallest absolute Gasteiger partial charge is 0.158 e. The van der Waals surface area contributed by atoms with E-state index in [1.54, 1.807) is 6.08 Å². The van der Waals surface area contributed by atoms with Crippen LogP contribution in [0.1, 0.15) is 45.4 Å². The van der Waals surface area contributed by atoms with Gasteiger partial charge in [-0.25, -0.2) is 0 Å². The topological polar surface area (TPSA) is 34.1 Å². The van der Waals surface area contributed by atoms with Crippen LogP contribution in [0.25, 0.3) is 0 Å². The first-order valence-corrected chi connectivity index (χ1v) is 7.38. The molecule has 104 valence electrons. The van der Waals surface area contributed by atoms with Crippen LogP contribution in [0, 0.1) is 29.1 Å². The number of ketones is 2. The van der Waals surface area contributed by atoms with E-state index >= 15 is 0 Å². The van der Waals surface area contributed by atoms with Gasteiger partial charge in [-0.15, -0.1) is 6.42 Å². The van der Waals surface area contributed by atoms with Gasteiger partial charge in [-0.2, -0.15) is 0 Å². The van der Waals surface area contributed by atoms with Crippen LogP contribution in [0.3, 0.4) is 0 Å². The Morgan fingerprint density at radius 1 is 1.30 bits per heavy atom. The summed E-state index contributed by atoms with van der Waals surface area (Å²) in [6, 6.07) is 0. The third-order valence-corrected chi connectivity index (χ3v) is 5.79. The molecule has 0 radical (unpaired) electrons. The third-order valence-electron chi connectivity index (χ3n) is 5.79. The van der Waals surface area contributed by atoms with E-state index < -0.39 is 0 Å². The summed E-state index contributed by atoms with van der Waals surface area (Å²) >= 11 is 0. The van der Waals surface area contributed by atoms with Crippen LogP contribution in [0.15, 0.2) is 23.8 Å². The maximum absolute atomic E-state index is 11.9. The van der Waals surface area contributed by atoms with E-state index in [2.05, 4.69) is 19.4 Å². The van der Waals surface area contributed by atoms with Crippen LogP contribution < -0.4 is 0 Å². The zero-order chi connectivity index (χ0) is 14.5. The average molecular weight is 268 g/mol. The quantitative estimate of drug-likeness (QED) is 0.499. The molecule has 3 aliphatic rings. The molecule has 0 amide bonds. The van der Waals surface area contributed by atoms with Crippen molar-refractivity contribution in [1.82, 2.24) is 0 Å². The zero-order valence-corrected chi connectivity index (χ0v) is 12.0. The lowest BCUT2D eigenvalue weighted by Crippen LogP contribution is -2.48. The number of hydrogen-bond acceptors (Lipinski definition) is 2. The molecule has 0 aromatic rings. The summed E-state index contributed by atoms with van der Waals surface area (Å²) in [7, 11) is 0. The predicted octanol–water partition coefficient (Wildman–Crippen LogP) is 3.23. The molecule has 0 aromatic carbocycles. The molecule has 3 atom stereocenters. The van der Waals surface area contributed by atoms with Crippen LogP contribution in [0.2, 0.25) is 0 Å². The summed E-state index contributed by atoms with van der Waals surface area (Å²) in [5.41, 5.74) is 1.42. The fourth-order valence-electron chi connectivity index (χ4n) is 4.53. The van der Waals surface area contributed by atoms with Gasteiger partial charge in [0.05, 0.1) is 5.41 Å². The maximum Gasteiger partial charge on any atom is 0.158 e. The van der Waals surface area contributed by atoms with Crippen molar-refractivity contribution in [2.45, 2.75) is 45.4 Å². The summed E-state index contributed by atoms with van der Waals surface area (Å²) in [5.74, 6) is 3.50. The van der Waals surface area contributed by atoms with E-state index in [1.165, 1.54) is 0 Å². The van der Waals surface area contributed by atoms with E-state index in [0.29, 0.717) is 12.8 Å². The van der Waals surface area contributed by atoms with Gasteiger partial charge >= 0.3 is 0 Å². The standard InChI is InChI=1S/C18H20O2/c1-4-18-9-5-13(19)11-16(18)17(3)8-7-15(20)12(2)14(17)6-10-18/h1,11,14H,2,5-10H2,3H3/t14?,17-,18+/m0/s1. The molecular formula is C18H20O2. The Kier molecular flexibility index (Phi) is 2.80. The Morgan fingerprint density at radius 3 is 2.75 bits per heavy atom. The van der Waals surface area contributed by atoms with Gasteiger partial charge in [0.1, 0.15) is 0 Å². The predicted molar refractivity (Wildman–Crippen MR) is 77.8 cm³/mol. The van der Waals surface area contributed by atoms with Crippen molar-refractivity contribution in [3.8, 4) is 12.3 Å². The van der Waals surface area contributed by atoms with Crippen molar-refractivity contribution in [2.24, 2.45) is 16.7 Å². The van der Waals surface area contributed by atoms with Crippen LogP contribution in [-0.4, -0.2) is 11.6 Å². The molecule has 2 heteroatoms. The van der Waals surface area contributed by atoms with E-state index in [0.717, 1.165) is 36.8 Å². The van der Waals surface area contributed by atoms with Crippen molar-refractivity contribution in [2.75, 3.05) is 0 Å². The molecule has 0 aliphatic heterocycles. The Labute approximate surface area is 120 Å². The summed E-state index contributed by atoms with van der Waals surface area (Å²) in [5, 5.41) is 0. The number of terminal acetylenes is 1. The minimum atomic E-state index is -0.264. The molecular weight excluding hydrogens is 248 g/mol. The Hall–Kier alpha value is -1.62. The molecule has 0 spiro atoms. The molecule has 3 aliphatic carbocycles. The molecule has 2 saturated carbocycles. The average Bonchev–Trinajstić information content (AvgIpc) is 2.44. The lowest BCUT2D eigenvalue weighted by molar-refractivity contribution is -0.119. The van der Waals surface area contributed by atoms with E-state index in [9.17, 15) is 9.59 Å². The van der Waals surface area contributed by atoms with Crippen LogP contribution in [0.4, 0.5) is 0 Å². The second kappa shape index (κ2) is 4.19. The molecule has 20 heavy (non-hydrogen) atoms. The van der Waals surface area contributed by atoms with Crippen molar-refractivity contribution < 1.29 is 9.59 Å². The van der Waals surface area contributed by atoms with Crippen LogP contribution in [-0.2, 0) is 9.59 Å². The van der Waals surface area contributed by atoms with Gasteiger partial charge in [0.2, 0.25) is 0 Å². The minimum absolute atomic E-state index is 0.155. The lowest BCUT2D eigenvalue weighted by Gasteiger charge is -2.55. The highest BCUT2D eigenvalue weighted by Gasteiger charge is 2.55. The van der Waals surface area contributed by atoms with Gasteiger partial charge in [0.15, 0.2) is 11.6 Å². The highest BCUT2D eigenvalue weighted by Crippen LogP contribution is 2.61. The first-order chi connectivity index (χ1) is 9.43. The number of hydrogen-bond donors (Lipinski definition) is 0. The number of Topliss-reactive ketones (excluding diaryl/α,β-unsaturated/α-hetero) is 1. The largest absolute Gasteiger partial charge is 0.295 e. The van der Waals surface area contributed by atoms with Gasteiger partial charge in [0.25, 0.3) is 0 Å². The van der Waals surface area contributed by atoms with Crippen molar-refractivity contribution >= 4 is 11.6 Å². The summed E-state index contributed by atoms with van der Waals surface area (Å²) in [6.45, 7) is 6.19. The first-order valence-electron chi connectivity index (χ1n) is 7.38. The second-order valence-corrected chi connectivity index (χ2v) is 6.71. The molecule has 0 bridgehead atoms. The number of rotatable bonds is 0.